The first kappa shape index (κ1) is 6.89. The van der Waals surface area contributed by atoms with Crippen molar-refractivity contribution >= 4 is 0 Å². The van der Waals surface area contributed by atoms with Gasteiger partial charge in [0, 0.05) is 0 Å². The van der Waals surface area contributed by atoms with Crippen molar-refractivity contribution < 1.29 is 0 Å². The second-order valence-electron chi connectivity index (χ2n) is 2.88. The molecule has 1 aliphatic carbocycles. The van der Waals surface area contributed by atoms with Crippen molar-refractivity contribution in [3.63, 3.8) is 0 Å². The Kier molecular flexibility index (Phi) is 2.86. The van der Waals surface area contributed by atoms with E-state index in [0.29, 0.717) is 0 Å². The molecule has 48 valence electrons. The molecular formula is C9H13+. The third kappa shape index (κ3) is 2.24. The standard InChI is InChI=1S/C9H13/c1-2-6-9-7-4-3-5-8-9/h9H,3-8H2/q+1. The molecule has 1 saturated carbocycles. The van der Waals surface area contributed by atoms with Crippen LogP contribution in [-0.2, 0) is 0 Å². The van der Waals surface area contributed by atoms with Crippen LogP contribution < -0.4 is 0 Å². The average Bonchev–Trinajstić information content (AvgIpc) is 1.91. The van der Waals surface area contributed by atoms with E-state index < -0.39 is 0 Å². The van der Waals surface area contributed by atoms with Crippen LogP contribution in [0.4, 0.5) is 0 Å². The molecule has 0 heterocycles. The summed E-state index contributed by atoms with van der Waals surface area (Å²) < 4.78 is 0. The molecule has 0 aromatic rings. The van der Waals surface area contributed by atoms with E-state index in [1.54, 1.807) is 0 Å². The second-order valence-corrected chi connectivity index (χ2v) is 2.88. The first-order valence-electron chi connectivity index (χ1n) is 3.83. The molecule has 0 bridgehead atoms. The Bertz CT molecular complexity index is 102. The molecule has 0 heteroatoms. The van der Waals surface area contributed by atoms with E-state index in [4.69, 9.17) is 6.42 Å². The van der Waals surface area contributed by atoms with Crippen LogP contribution in [0, 0.1) is 18.3 Å². The quantitative estimate of drug-likeness (QED) is 0.369. The van der Waals surface area contributed by atoms with E-state index in [9.17, 15) is 0 Å². The van der Waals surface area contributed by atoms with Crippen LogP contribution in [0.25, 0.3) is 0 Å². The molecule has 0 aliphatic heterocycles. The molecule has 1 aliphatic rings. The fourth-order valence-electron chi connectivity index (χ4n) is 1.54. The first-order valence-corrected chi connectivity index (χ1v) is 3.83. The van der Waals surface area contributed by atoms with Gasteiger partial charge in [0.2, 0.25) is 0 Å². The van der Waals surface area contributed by atoms with Crippen molar-refractivity contribution in [3.8, 4) is 5.92 Å². The molecule has 0 amide bonds. The van der Waals surface area contributed by atoms with Gasteiger partial charge >= 0.3 is 56.8 Å². The first-order chi connectivity index (χ1) is 4.43. The van der Waals surface area contributed by atoms with Crippen LogP contribution in [0.15, 0.2) is 0 Å². The Hall–Kier alpha value is -0.220. The molecule has 0 atom stereocenters. The van der Waals surface area contributed by atoms with Crippen LogP contribution in [0.2, 0.25) is 0 Å². The Labute approximate surface area is 57.7 Å². The van der Waals surface area contributed by atoms with Gasteiger partial charge in [0.05, 0.1) is 0 Å². The maximum atomic E-state index is 6.79. The zero-order valence-corrected chi connectivity index (χ0v) is 5.82. The van der Waals surface area contributed by atoms with E-state index >= 15 is 0 Å². The third-order valence-corrected chi connectivity index (χ3v) is 2.12. The van der Waals surface area contributed by atoms with Crippen molar-refractivity contribution in [2.75, 3.05) is 0 Å². The monoisotopic (exact) mass is 121 g/mol. The van der Waals surface area contributed by atoms with Gasteiger partial charge in [-0.1, -0.05) is 0 Å². The van der Waals surface area contributed by atoms with Gasteiger partial charge in [0.25, 0.3) is 0 Å². The molecule has 0 nitrogen and oxygen atoms in total. The van der Waals surface area contributed by atoms with E-state index in [0.717, 1.165) is 12.3 Å². The fourth-order valence-corrected chi connectivity index (χ4v) is 1.54. The van der Waals surface area contributed by atoms with Crippen molar-refractivity contribution in [2.24, 2.45) is 5.92 Å². The molecule has 0 N–H and O–H groups in total. The van der Waals surface area contributed by atoms with Crippen LogP contribution in [0.5, 0.6) is 0 Å². The van der Waals surface area contributed by atoms with Gasteiger partial charge in [0.1, 0.15) is 0 Å². The molecule has 0 saturated heterocycles. The predicted octanol–water partition coefficient (Wildman–Crippen LogP) is 2.55. The summed E-state index contributed by atoms with van der Waals surface area (Å²) in [7, 11) is 0. The minimum atomic E-state index is 0.802. The maximum absolute atomic E-state index is 6.79. The molecule has 0 aromatic carbocycles. The minimum absolute atomic E-state index is 0.802. The summed E-state index contributed by atoms with van der Waals surface area (Å²) >= 11 is 0. The summed E-state index contributed by atoms with van der Waals surface area (Å²) in [6.45, 7) is 0. The van der Waals surface area contributed by atoms with Gasteiger partial charge in [-0.3, -0.25) is 0 Å². The summed E-state index contributed by atoms with van der Waals surface area (Å²) in [5, 5.41) is 0. The molecule has 0 unspecified atom stereocenters. The van der Waals surface area contributed by atoms with Crippen LogP contribution >= 0.6 is 0 Å². The van der Waals surface area contributed by atoms with E-state index in [1.807, 2.05) is 0 Å². The topological polar surface area (TPSA) is 0 Å². The third-order valence-electron chi connectivity index (χ3n) is 2.12. The molecule has 0 aromatic heterocycles. The summed E-state index contributed by atoms with van der Waals surface area (Å²) in [6, 6.07) is 0. The Balaban J connectivity index is 2.17. The summed E-state index contributed by atoms with van der Waals surface area (Å²) in [6.07, 6.45) is 14.5. The number of rotatable bonds is 1. The summed E-state index contributed by atoms with van der Waals surface area (Å²) in [4.78, 5) is 0. The van der Waals surface area contributed by atoms with E-state index in [1.165, 1.54) is 32.1 Å². The van der Waals surface area contributed by atoms with Gasteiger partial charge in [-0.05, 0) is 0 Å². The average molecular weight is 121 g/mol. The van der Waals surface area contributed by atoms with Gasteiger partial charge in [-0.2, -0.15) is 0 Å². The Morgan fingerprint density at radius 1 is 1.22 bits per heavy atom. The SMILES string of the molecule is [C+]#CCC1CCCCC1. The van der Waals surface area contributed by atoms with Crippen molar-refractivity contribution in [1.82, 2.24) is 0 Å². The molecule has 1 fully saturated rings. The molecule has 1 rings (SSSR count). The van der Waals surface area contributed by atoms with E-state index in [-0.39, 0.29) is 0 Å². The molecule has 9 heavy (non-hydrogen) atoms. The van der Waals surface area contributed by atoms with Gasteiger partial charge < -0.3 is 0 Å². The van der Waals surface area contributed by atoms with Crippen molar-refractivity contribution in [1.29, 1.82) is 0 Å². The van der Waals surface area contributed by atoms with Gasteiger partial charge in [-0.25, -0.2) is 0 Å². The normalized spacial score (nSPS) is 21.6. The van der Waals surface area contributed by atoms with Crippen molar-refractivity contribution in [3.05, 3.63) is 6.42 Å². The van der Waals surface area contributed by atoms with Gasteiger partial charge in [0.15, 0.2) is 0 Å². The van der Waals surface area contributed by atoms with Gasteiger partial charge in [-0.15, -0.1) is 0 Å². The zero-order valence-electron chi connectivity index (χ0n) is 5.82. The van der Waals surface area contributed by atoms with Crippen LogP contribution in [0.3, 0.4) is 0 Å². The second kappa shape index (κ2) is 3.74. The molecular weight excluding hydrogens is 108 g/mol. The number of hydrogen-bond acceptors (Lipinski definition) is 0. The van der Waals surface area contributed by atoms with E-state index in [2.05, 4.69) is 5.92 Å². The Morgan fingerprint density at radius 3 is 2.44 bits per heavy atom. The zero-order chi connectivity index (χ0) is 6.53. The summed E-state index contributed by atoms with van der Waals surface area (Å²) in [5.41, 5.74) is 0. The molecule has 0 radical (unpaired) electrons. The molecule has 0 spiro atoms. The number of hydrogen-bond donors (Lipinski definition) is 0. The predicted molar refractivity (Wildman–Crippen MR) is 38.3 cm³/mol. The summed E-state index contributed by atoms with van der Waals surface area (Å²) in [5.74, 6) is 3.29. The van der Waals surface area contributed by atoms with Crippen LogP contribution in [0.1, 0.15) is 38.5 Å². The fraction of sp³-hybridized carbons (Fsp3) is 0.778. The van der Waals surface area contributed by atoms with Crippen LogP contribution in [-0.4, -0.2) is 0 Å². The Morgan fingerprint density at radius 2 is 1.89 bits per heavy atom. The van der Waals surface area contributed by atoms with Crippen molar-refractivity contribution in [2.45, 2.75) is 38.5 Å².